The fourth-order valence-electron chi connectivity index (χ4n) is 5.05. The third-order valence-electron chi connectivity index (χ3n) is 6.48. The van der Waals surface area contributed by atoms with E-state index in [2.05, 4.69) is 49.2 Å². The van der Waals surface area contributed by atoms with Crippen molar-refractivity contribution in [1.82, 2.24) is 14.8 Å². The van der Waals surface area contributed by atoms with Crippen molar-refractivity contribution >= 4 is 22.7 Å². The molecular formula is C25H27N3O2. The number of hydrogen-bond acceptors (Lipinski definition) is 2. The largest absolute Gasteiger partial charge is 0.356 e. The smallest absolute Gasteiger partial charge is 0.246 e. The molecule has 2 aliphatic rings. The highest BCUT2D eigenvalue weighted by Gasteiger charge is 2.47. The molecule has 3 aromatic rings. The van der Waals surface area contributed by atoms with E-state index < -0.39 is 6.04 Å². The summed E-state index contributed by atoms with van der Waals surface area (Å²) in [4.78, 5) is 34.0. The summed E-state index contributed by atoms with van der Waals surface area (Å²) < 4.78 is 0. The summed E-state index contributed by atoms with van der Waals surface area (Å²) in [6.07, 6.45) is 2.49. The molecule has 3 heterocycles. The second kappa shape index (κ2) is 7.31. The van der Waals surface area contributed by atoms with Gasteiger partial charge in [0.05, 0.1) is 12.6 Å². The van der Waals surface area contributed by atoms with Gasteiger partial charge in [-0.05, 0) is 30.5 Å². The summed E-state index contributed by atoms with van der Waals surface area (Å²) in [7, 11) is 0. The number of unbranched alkanes of at least 4 members (excludes halogenated alkanes) is 1. The Labute approximate surface area is 176 Å². The zero-order valence-corrected chi connectivity index (χ0v) is 17.5. The number of fused-ring (bicyclic) bond motifs is 4. The Morgan fingerprint density at radius 1 is 1.10 bits per heavy atom. The van der Waals surface area contributed by atoms with Crippen LogP contribution in [0, 0.1) is 6.92 Å². The van der Waals surface area contributed by atoms with E-state index >= 15 is 0 Å². The number of nitrogens with one attached hydrogen (secondary N) is 1. The predicted octanol–water partition coefficient (Wildman–Crippen LogP) is 3.96. The van der Waals surface area contributed by atoms with Gasteiger partial charge in [-0.3, -0.25) is 9.59 Å². The number of para-hydroxylation sites is 1. The Morgan fingerprint density at radius 2 is 1.93 bits per heavy atom. The highest BCUT2D eigenvalue weighted by Crippen LogP contribution is 2.42. The molecule has 1 fully saturated rings. The lowest BCUT2D eigenvalue weighted by molar-refractivity contribution is -0.158. The number of amides is 2. The van der Waals surface area contributed by atoms with E-state index in [4.69, 9.17) is 0 Å². The predicted molar refractivity (Wildman–Crippen MR) is 117 cm³/mol. The maximum atomic E-state index is 13.4. The van der Waals surface area contributed by atoms with Crippen molar-refractivity contribution in [1.29, 1.82) is 0 Å². The fourth-order valence-corrected chi connectivity index (χ4v) is 5.05. The third-order valence-corrected chi connectivity index (χ3v) is 6.48. The maximum Gasteiger partial charge on any atom is 0.246 e. The quantitative estimate of drug-likeness (QED) is 0.719. The lowest BCUT2D eigenvalue weighted by atomic mass is 9.86. The first kappa shape index (κ1) is 18.9. The molecule has 30 heavy (non-hydrogen) atoms. The molecule has 0 spiro atoms. The highest BCUT2D eigenvalue weighted by molar-refractivity contribution is 5.97. The Kier molecular flexibility index (Phi) is 4.61. The van der Waals surface area contributed by atoms with Crippen LogP contribution in [0.15, 0.2) is 48.5 Å². The molecule has 0 bridgehead atoms. The lowest BCUT2D eigenvalue weighted by Crippen LogP contribution is -2.63. The van der Waals surface area contributed by atoms with Gasteiger partial charge in [0.15, 0.2) is 0 Å². The molecule has 1 aromatic heterocycles. The SMILES string of the molecule is CCCCN1CC(=O)N2C(c3cccc(C)c3)c3[nH]c4ccccc4c3C[C@H]2C1=O. The summed E-state index contributed by atoms with van der Waals surface area (Å²) >= 11 is 0. The van der Waals surface area contributed by atoms with Crippen molar-refractivity contribution in [3.05, 3.63) is 70.9 Å². The molecule has 5 nitrogen and oxygen atoms in total. The molecule has 2 atom stereocenters. The monoisotopic (exact) mass is 401 g/mol. The first-order chi connectivity index (χ1) is 14.6. The minimum absolute atomic E-state index is 0.0338. The topological polar surface area (TPSA) is 56.4 Å². The summed E-state index contributed by atoms with van der Waals surface area (Å²) in [6, 6.07) is 15.8. The molecule has 0 saturated carbocycles. The second-order valence-electron chi connectivity index (χ2n) is 8.51. The highest BCUT2D eigenvalue weighted by atomic mass is 16.2. The van der Waals surface area contributed by atoms with E-state index in [1.54, 1.807) is 4.90 Å². The first-order valence-corrected chi connectivity index (χ1v) is 10.8. The van der Waals surface area contributed by atoms with Crippen molar-refractivity contribution in [3.8, 4) is 0 Å². The summed E-state index contributed by atoms with van der Waals surface area (Å²) in [5, 5.41) is 1.15. The van der Waals surface area contributed by atoms with Crippen LogP contribution in [0.5, 0.6) is 0 Å². The van der Waals surface area contributed by atoms with Crippen LogP contribution < -0.4 is 0 Å². The minimum Gasteiger partial charge on any atom is -0.356 e. The van der Waals surface area contributed by atoms with Crippen LogP contribution in [0.1, 0.15) is 48.2 Å². The van der Waals surface area contributed by atoms with Gasteiger partial charge in [0.2, 0.25) is 11.8 Å². The van der Waals surface area contributed by atoms with Gasteiger partial charge in [0, 0.05) is 29.6 Å². The Morgan fingerprint density at radius 3 is 2.73 bits per heavy atom. The van der Waals surface area contributed by atoms with E-state index in [1.807, 2.05) is 23.1 Å². The van der Waals surface area contributed by atoms with Gasteiger partial charge in [0.1, 0.15) is 6.04 Å². The molecular weight excluding hydrogens is 374 g/mol. The van der Waals surface area contributed by atoms with E-state index in [0.29, 0.717) is 13.0 Å². The van der Waals surface area contributed by atoms with Crippen LogP contribution >= 0.6 is 0 Å². The zero-order valence-electron chi connectivity index (χ0n) is 17.5. The third kappa shape index (κ3) is 2.92. The normalized spacial score (nSPS) is 21.1. The Hall–Kier alpha value is -3.08. The van der Waals surface area contributed by atoms with Gasteiger partial charge >= 0.3 is 0 Å². The standard InChI is InChI=1S/C25H27N3O2/c1-3-4-12-27-15-22(29)28-21(25(27)30)14-19-18-10-5-6-11-20(18)26-23(19)24(28)17-9-7-8-16(2)13-17/h5-11,13,21,24,26H,3-4,12,14-15H2,1-2H3/t21-,24?/m0/s1. The number of carbonyl (C=O) groups is 2. The van der Waals surface area contributed by atoms with Gasteiger partial charge < -0.3 is 14.8 Å². The number of aromatic amines is 1. The van der Waals surface area contributed by atoms with Crippen LogP contribution in [-0.4, -0.2) is 45.7 Å². The lowest BCUT2D eigenvalue weighted by Gasteiger charge is -2.47. The molecule has 2 aromatic carbocycles. The Bertz CT molecular complexity index is 1130. The van der Waals surface area contributed by atoms with Gasteiger partial charge in [0.25, 0.3) is 0 Å². The van der Waals surface area contributed by atoms with E-state index in [1.165, 1.54) is 0 Å². The average molecular weight is 402 g/mol. The summed E-state index contributed by atoms with van der Waals surface area (Å²) in [5.41, 5.74) is 5.46. The van der Waals surface area contributed by atoms with Gasteiger partial charge in [-0.2, -0.15) is 0 Å². The fraction of sp³-hybridized carbons (Fsp3) is 0.360. The van der Waals surface area contributed by atoms with E-state index in [-0.39, 0.29) is 24.4 Å². The van der Waals surface area contributed by atoms with Crippen molar-refractivity contribution in [2.45, 2.75) is 45.2 Å². The number of carbonyl (C=O) groups excluding carboxylic acids is 2. The van der Waals surface area contributed by atoms with Gasteiger partial charge in [-0.25, -0.2) is 0 Å². The molecule has 1 unspecified atom stereocenters. The molecule has 5 heteroatoms. The number of piperazine rings is 1. The maximum absolute atomic E-state index is 13.4. The number of benzene rings is 2. The second-order valence-corrected chi connectivity index (χ2v) is 8.51. The van der Waals surface area contributed by atoms with Crippen LogP contribution in [0.4, 0.5) is 0 Å². The molecule has 1 N–H and O–H groups in total. The number of aryl methyl sites for hydroxylation is 1. The molecule has 0 radical (unpaired) electrons. The minimum atomic E-state index is -0.444. The number of aromatic nitrogens is 1. The molecule has 154 valence electrons. The van der Waals surface area contributed by atoms with Crippen LogP contribution in [-0.2, 0) is 16.0 Å². The molecule has 0 aliphatic carbocycles. The number of H-pyrrole nitrogens is 1. The molecule has 2 amide bonds. The van der Waals surface area contributed by atoms with E-state index in [0.717, 1.165) is 46.1 Å². The first-order valence-electron chi connectivity index (χ1n) is 10.8. The molecule has 5 rings (SSSR count). The number of rotatable bonds is 4. The number of hydrogen-bond donors (Lipinski definition) is 1. The van der Waals surface area contributed by atoms with Crippen molar-refractivity contribution in [2.75, 3.05) is 13.1 Å². The number of nitrogens with zero attached hydrogens (tertiary/aromatic N) is 2. The molecule has 2 aliphatic heterocycles. The zero-order chi connectivity index (χ0) is 20.8. The van der Waals surface area contributed by atoms with Crippen molar-refractivity contribution in [2.24, 2.45) is 0 Å². The van der Waals surface area contributed by atoms with Crippen LogP contribution in [0.3, 0.4) is 0 Å². The Balaban J connectivity index is 1.67. The van der Waals surface area contributed by atoms with Crippen LogP contribution in [0.25, 0.3) is 10.9 Å². The molecule has 1 saturated heterocycles. The van der Waals surface area contributed by atoms with Crippen molar-refractivity contribution < 1.29 is 9.59 Å². The average Bonchev–Trinajstić information content (AvgIpc) is 3.12. The van der Waals surface area contributed by atoms with Gasteiger partial charge in [-0.15, -0.1) is 0 Å². The van der Waals surface area contributed by atoms with Gasteiger partial charge in [-0.1, -0.05) is 61.4 Å². The summed E-state index contributed by atoms with van der Waals surface area (Å²) in [6.45, 7) is 5.00. The van der Waals surface area contributed by atoms with Crippen LogP contribution in [0.2, 0.25) is 0 Å². The van der Waals surface area contributed by atoms with E-state index in [9.17, 15) is 9.59 Å². The van der Waals surface area contributed by atoms with Crippen molar-refractivity contribution in [3.63, 3.8) is 0 Å². The summed E-state index contributed by atoms with van der Waals surface area (Å²) in [5.74, 6) is 0.114.